The molecule has 2 rings (SSSR count). The Labute approximate surface area is 178 Å². The van der Waals surface area contributed by atoms with Gasteiger partial charge >= 0.3 is 6.09 Å². The molecule has 7 nitrogen and oxygen atoms in total. The fourth-order valence-corrected chi connectivity index (χ4v) is 2.43. The van der Waals surface area contributed by atoms with Crippen molar-refractivity contribution in [3.05, 3.63) is 28.7 Å². The molecule has 0 unspecified atom stereocenters. The second-order valence-corrected chi connectivity index (χ2v) is 7.37. The lowest BCUT2D eigenvalue weighted by Crippen LogP contribution is -2.41. The van der Waals surface area contributed by atoms with Crippen LogP contribution in [0.15, 0.2) is 17.8 Å². The smallest absolute Gasteiger partial charge is 0.407 e. The molecule has 1 aromatic heterocycles. The van der Waals surface area contributed by atoms with Crippen LogP contribution in [0, 0.1) is 23.2 Å². The summed E-state index contributed by atoms with van der Waals surface area (Å²) in [5.74, 6) is 7.22. The third kappa shape index (κ3) is 8.97. The molecule has 29 heavy (non-hydrogen) atoms. The molecule has 1 aromatic rings. The first kappa shape index (κ1) is 24.4. The van der Waals surface area contributed by atoms with Gasteiger partial charge in [0.2, 0.25) is 5.28 Å². The van der Waals surface area contributed by atoms with E-state index in [0.717, 1.165) is 5.92 Å². The standard InChI is InChI=1S/C16H18ClN5O2.C5H12/c1-2-11(9-18)3-4-12-10-19-15(17)21-14(12)20-13-5-7-22(8-6-13)16(23)24;1-4-5(2)3/h2,9-10,13,18H,5-8H2,1H3,(H,23,24)(H,19,20,21);5H,4H2,1-3H3/b11-2-,18-9?;. The second kappa shape index (κ2) is 12.8. The summed E-state index contributed by atoms with van der Waals surface area (Å²) >= 11 is 5.87. The minimum Gasteiger partial charge on any atom is -0.465 e. The van der Waals surface area contributed by atoms with Crippen LogP contribution >= 0.6 is 11.6 Å². The molecule has 1 fully saturated rings. The number of halogens is 1. The van der Waals surface area contributed by atoms with E-state index >= 15 is 0 Å². The van der Waals surface area contributed by atoms with Crippen LogP contribution in [0.1, 0.15) is 52.5 Å². The normalized spacial score (nSPS) is 14.4. The number of likely N-dealkylation sites (tertiary alicyclic amines) is 1. The van der Waals surface area contributed by atoms with Crippen LogP contribution in [0.4, 0.5) is 10.6 Å². The summed E-state index contributed by atoms with van der Waals surface area (Å²) in [5.41, 5.74) is 1.17. The van der Waals surface area contributed by atoms with Gasteiger partial charge in [0.15, 0.2) is 0 Å². The Morgan fingerprint density at radius 3 is 2.59 bits per heavy atom. The lowest BCUT2D eigenvalue weighted by Gasteiger charge is -2.30. The summed E-state index contributed by atoms with van der Waals surface area (Å²) in [6, 6.07) is 0.0936. The molecule has 0 radical (unpaired) electrons. The summed E-state index contributed by atoms with van der Waals surface area (Å²) in [5, 5.41) is 19.6. The predicted octanol–water partition coefficient (Wildman–Crippen LogP) is 4.68. The van der Waals surface area contributed by atoms with Crippen LogP contribution in [-0.2, 0) is 0 Å². The van der Waals surface area contributed by atoms with Crippen LogP contribution < -0.4 is 5.32 Å². The number of carboxylic acid groups (broad SMARTS) is 1. The average Bonchev–Trinajstić information content (AvgIpc) is 2.71. The molecule has 1 saturated heterocycles. The molecule has 0 saturated carbocycles. The number of allylic oxidation sites excluding steroid dienone is 2. The zero-order chi connectivity index (χ0) is 21.8. The molecule has 8 heteroatoms. The van der Waals surface area contributed by atoms with E-state index in [9.17, 15) is 4.79 Å². The van der Waals surface area contributed by atoms with Crippen molar-refractivity contribution in [2.45, 2.75) is 53.0 Å². The number of aromatic nitrogens is 2. The number of anilines is 1. The highest BCUT2D eigenvalue weighted by atomic mass is 35.5. The highest BCUT2D eigenvalue weighted by Gasteiger charge is 2.23. The summed E-state index contributed by atoms with van der Waals surface area (Å²) in [7, 11) is 0. The van der Waals surface area contributed by atoms with Crippen molar-refractivity contribution in [3.8, 4) is 11.8 Å². The molecule has 1 aliphatic heterocycles. The van der Waals surface area contributed by atoms with Crippen molar-refractivity contribution in [1.29, 1.82) is 5.41 Å². The molecule has 0 aliphatic carbocycles. The van der Waals surface area contributed by atoms with Gasteiger partial charge in [-0.3, -0.25) is 0 Å². The maximum Gasteiger partial charge on any atom is 0.407 e. The first-order chi connectivity index (χ1) is 13.8. The van der Waals surface area contributed by atoms with E-state index in [4.69, 9.17) is 22.1 Å². The molecule has 3 N–H and O–H groups in total. The lowest BCUT2D eigenvalue weighted by molar-refractivity contribution is 0.133. The maximum absolute atomic E-state index is 10.9. The van der Waals surface area contributed by atoms with E-state index in [2.05, 4.69) is 47.9 Å². The number of nitrogens with zero attached hydrogens (tertiary/aromatic N) is 3. The van der Waals surface area contributed by atoms with Gasteiger partial charge < -0.3 is 20.7 Å². The quantitative estimate of drug-likeness (QED) is 0.373. The molecule has 1 amide bonds. The molecule has 0 bridgehead atoms. The van der Waals surface area contributed by atoms with Gasteiger partial charge in [-0.2, -0.15) is 4.98 Å². The van der Waals surface area contributed by atoms with Gasteiger partial charge in [0.05, 0.1) is 5.56 Å². The van der Waals surface area contributed by atoms with Gasteiger partial charge in [-0.15, -0.1) is 0 Å². The number of hydrogen-bond acceptors (Lipinski definition) is 5. The maximum atomic E-state index is 10.9. The third-order valence-corrected chi connectivity index (χ3v) is 4.67. The number of carbonyl (C=O) groups is 1. The van der Waals surface area contributed by atoms with Crippen molar-refractivity contribution < 1.29 is 9.90 Å². The fraction of sp³-hybridized carbons (Fsp3) is 0.524. The molecule has 2 heterocycles. The van der Waals surface area contributed by atoms with Crippen LogP contribution in [0.25, 0.3) is 0 Å². The zero-order valence-corrected chi connectivity index (χ0v) is 18.3. The predicted molar refractivity (Wildman–Crippen MR) is 118 cm³/mol. The van der Waals surface area contributed by atoms with E-state index in [0.29, 0.717) is 42.9 Å². The van der Waals surface area contributed by atoms with Crippen LogP contribution in [0.5, 0.6) is 0 Å². The van der Waals surface area contributed by atoms with Crippen LogP contribution in [-0.4, -0.2) is 51.4 Å². The number of rotatable bonds is 4. The molecular weight excluding hydrogens is 390 g/mol. The van der Waals surface area contributed by atoms with Gasteiger partial charge in [0.25, 0.3) is 0 Å². The van der Waals surface area contributed by atoms with E-state index < -0.39 is 6.09 Å². The second-order valence-electron chi connectivity index (χ2n) is 7.03. The van der Waals surface area contributed by atoms with Gasteiger partial charge in [-0.1, -0.05) is 45.1 Å². The number of amides is 1. The van der Waals surface area contributed by atoms with Crippen molar-refractivity contribution >= 4 is 29.7 Å². The average molecular weight is 420 g/mol. The lowest BCUT2D eigenvalue weighted by atomic mass is 10.1. The van der Waals surface area contributed by atoms with Crippen molar-refractivity contribution in [1.82, 2.24) is 14.9 Å². The Kier molecular flexibility index (Phi) is 10.8. The highest BCUT2D eigenvalue weighted by molar-refractivity contribution is 6.28. The largest absolute Gasteiger partial charge is 0.465 e. The number of hydrogen-bond donors (Lipinski definition) is 3. The Morgan fingerprint density at radius 1 is 1.48 bits per heavy atom. The number of nitrogens with one attached hydrogen (secondary N) is 2. The Hall–Kier alpha value is -2.59. The molecule has 0 aromatic carbocycles. The van der Waals surface area contributed by atoms with E-state index in [1.807, 2.05) is 6.92 Å². The SMILES string of the molecule is C/C=C(/C#Cc1cnc(Cl)nc1NC1CCN(C(=O)O)CC1)C=N.CCC(C)C. The molecule has 1 aliphatic rings. The van der Waals surface area contributed by atoms with E-state index in [1.165, 1.54) is 23.7 Å². The van der Waals surface area contributed by atoms with Gasteiger partial charge in [0, 0.05) is 37.1 Å². The monoisotopic (exact) mass is 419 g/mol. The molecule has 0 atom stereocenters. The molecule has 158 valence electrons. The minimum absolute atomic E-state index is 0.0936. The summed E-state index contributed by atoms with van der Waals surface area (Å²) in [4.78, 5) is 20.5. The summed E-state index contributed by atoms with van der Waals surface area (Å²) in [6.07, 6.45) is 6.23. The Bertz CT molecular complexity index is 775. The molecule has 0 spiro atoms. The fourth-order valence-electron chi connectivity index (χ4n) is 2.30. The zero-order valence-electron chi connectivity index (χ0n) is 17.5. The van der Waals surface area contributed by atoms with Gasteiger partial charge in [0.1, 0.15) is 5.82 Å². The van der Waals surface area contributed by atoms with E-state index in [-0.39, 0.29) is 11.3 Å². The van der Waals surface area contributed by atoms with Crippen LogP contribution in [0.3, 0.4) is 0 Å². The first-order valence-corrected chi connectivity index (χ1v) is 10.1. The first-order valence-electron chi connectivity index (χ1n) is 9.76. The van der Waals surface area contributed by atoms with Crippen molar-refractivity contribution in [2.75, 3.05) is 18.4 Å². The number of piperidine rings is 1. The summed E-state index contributed by atoms with van der Waals surface area (Å²) < 4.78 is 0. The van der Waals surface area contributed by atoms with Crippen LogP contribution in [0.2, 0.25) is 5.28 Å². The Balaban J connectivity index is 0.000000749. The highest BCUT2D eigenvalue weighted by Crippen LogP contribution is 2.19. The third-order valence-electron chi connectivity index (χ3n) is 4.49. The van der Waals surface area contributed by atoms with Gasteiger partial charge in [-0.25, -0.2) is 9.78 Å². The Morgan fingerprint density at radius 2 is 2.10 bits per heavy atom. The van der Waals surface area contributed by atoms with E-state index in [1.54, 1.807) is 6.08 Å². The topological polar surface area (TPSA) is 102 Å². The van der Waals surface area contributed by atoms with Crippen molar-refractivity contribution in [3.63, 3.8) is 0 Å². The molecular formula is C21H30ClN5O2. The minimum atomic E-state index is -0.893. The summed E-state index contributed by atoms with van der Waals surface area (Å²) in [6.45, 7) is 9.40. The van der Waals surface area contributed by atoms with Gasteiger partial charge in [-0.05, 0) is 37.3 Å². The van der Waals surface area contributed by atoms with Crippen molar-refractivity contribution in [2.24, 2.45) is 5.92 Å².